The van der Waals surface area contributed by atoms with Crippen LogP contribution in [0.1, 0.15) is 66.2 Å². The molecular weight excluding hydrogens is 378 g/mol. The Morgan fingerprint density at radius 1 is 0.923 bits per heavy atom. The van der Waals surface area contributed by atoms with Crippen LogP contribution in [-0.4, -0.2) is 6.61 Å². The summed E-state index contributed by atoms with van der Waals surface area (Å²) in [5.41, 5.74) is 3.62. The zero-order chi connectivity index (χ0) is 20.2. The minimum absolute atomic E-state index is 0.428. The van der Waals surface area contributed by atoms with E-state index in [1.807, 2.05) is 6.92 Å². The molecule has 0 saturated heterocycles. The van der Waals surface area contributed by atoms with Crippen molar-refractivity contribution in [3.8, 4) is 0 Å². The zero-order valence-electron chi connectivity index (χ0n) is 15.9. The largest absolute Gasteiger partial charge is 0.802 e. The van der Waals surface area contributed by atoms with Crippen molar-refractivity contribution in [3.63, 3.8) is 0 Å². The van der Waals surface area contributed by atoms with E-state index >= 15 is 0 Å². The Hall–Kier alpha value is -0.520. The van der Waals surface area contributed by atoms with Crippen molar-refractivity contribution in [2.75, 3.05) is 6.61 Å². The molecule has 26 heavy (non-hydrogen) atoms. The van der Waals surface area contributed by atoms with E-state index in [0.717, 1.165) is 37.7 Å². The first kappa shape index (κ1) is 25.5. The normalized spacial score (nSPS) is 15.7. The number of hydrogen-bond acceptors (Lipinski definition) is 7. The van der Waals surface area contributed by atoms with Crippen molar-refractivity contribution in [2.24, 2.45) is 0 Å². The van der Waals surface area contributed by atoms with Crippen LogP contribution in [-0.2, 0) is 18.3 Å². The summed E-state index contributed by atoms with van der Waals surface area (Å²) in [6.45, 7) is 7.75. The van der Waals surface area contributed by atoms with Gasteiger partial charge in [-0.05, 0) is 52.4 Å². The maximum Gasteiger partial charge on any atom is 0.348 e. The fourth-order valence-electron chi connectivity index (χ4n) is 2.24. The molecule has 0 rings (SSSR count). The Labute approximate surface area is 156 Å². The Morgan fingerprint density at radius 2 is 1.42 bits per heavy atom. The molecule has 0 aliphatic carbocycles. The lowest BCUT2D eigenvalue weighted by Crippen LogP contribution is -2.19. The molecule has 1 atom stereocenters. The van der Waals surface area contributed by atoms with E-state index in [1.165, 1.54) is 17.2 Å². The number of hydrogen-bond donors (Lipinski definition) is 0. The molecule has 9 heteroatoms. The predicted molar refractivity (Wildman–Crippen MR) is 96.9 cm³/mol. The second kappa shape index (κ2) is 12.8. The van der Waals surface area contributed by atoms with Crippen LogP contribution in [0.3, 0.4) is 0 Å². The molecule has 0 aromatic heterocycles. The van der Waals surface area contributed by atoms with Gasteiger partial charge in [-0.3, -0.25) is 4.57 Å². The zero-order valence-corrected chi connectivity index (χ0v) is 17.7. The third-order valence-electron chi connectivity index (χ3n) is 3.83. The summed E-state index contributed by atoms with van der Waals surface area (Å²) in [6, 6.07) is 0. The Kier molecular flexibility index (Phi) is 12.5. The third kappa shape index (κ3) is 9.98. The molecule has 0 saturated carbocycles. The van der Waals surface area contributed by atoms with Crippen LogP contribution in [0, 0.1) is 0 Å². The van der Waals surface area contributed by atoms with Gasteiger partial charge < -0.3 is 28.8 Å². The molecule has 1 unspecified atom stereocenters. The van der Waals surface area contributed by atoms with Gasteiger partial charge in [0.25, 0.3) is 0 Å². The summed E-state index contributed by atoms with van der Waals surface area (Å²) in [7, 11) is -10.9. The van der Waals surface area contributed by atoms with E-state index in [4.69, 9.17) is 0 Å². The van der Waals surface area contributed by atoms with Crippen molar-refractivity contribution in [3.05, 3.63) is 34.9 Å². The molecular formula is C17H29O7P2-3. The average molecular weight is 407 g/mol. The van der Waals surface area contributed by atoms with Crippen molar-refractivity contribution >= 4 is 14.6 Å². The lowest BCUT2D eigenvalue weighted by Gasteiger charge is -2.37. The molecule has 0 aromatic rings. The van der Waals surface area contributed by atoms with Crippen LogP contribution in [0.15, 0.2) is 34.9 Å². The quantitative estimate of drug-likeness (QED) is 0.198. The first-order valence-electron chi connectivity index (χ1n) is 8.67. The van der Waals surface area contributed by atoms with Crippen LogP contribution in [0.5, 0.6) is 0 Å². The second-order valence-corrected chi connectivity index (χ2v) is 11.3. The molecule has 0 aromatic carbocycles. The van der Waals surface area contributed by atoms with Gasteiger partial charge in [0.2, 0.25) is 0 Å². The topological polar surface area (TPSA) is 122 Å². The summed E-state index contributed by atoms with van der Waals surface area (Å²) < 4.78 is 29.7. The fourth-order valence-corrected chi connectivity index (χ4v) is 3.63. The monoisotopic (exact) mass is 407 g/mol. The summed E-state index contributed by atoms with van der Waals surface area (Å²) >= 11 is 0. The fraction of sp³-hybridized carbons (Fsp3) is 0.647. The van der Waals surface area contributed by atoms with Gasteiger partial charge in [-0.2, -0.15) is 0 Å². The van der Waals surface area contributed by atoms with Crippen molar-refractivity contribution in [2.45, 2.75) is 66.2 Å². The molecule has 0 aliphatic heterocycles. The summed E-state index contributed by atoms with van der Waals surface area (Å²) in [5.74, 6) is 0. The van der Waals surface area contributed by atoms with E-state index in [2.05, 4.69) is 42.1 Å². The Morgan fingerprint density at radius 3 is 1.85 bits per heavy atom. The smallest absolute Gasteiger partial charge is 0.348 e. The maximum atomic E-state index is 11.5. The van der Waals surface area contributed by atoms with Crippen LogP contribution < -0.4 is 15.0 Å². The standard InChI is InChI=1S/C17H32O7P2/c1-5-16(10-7-9-15(3)4)11-8-12-17(6-2)13-14-23-26(22,24-18)25(19,20)21/h9,11,13,18H,5-8,10,12,14H2,1-4H3,(H2,19,20,21)/p-3/b16-11+,17-13+. The van der Waals surface area contributed by atoms with Crippen molar-refractivity contribution < 1.29 is 33.4 Å². The highest BCUT2D eigenvalue weighted by molar-refractivity contribution is 8.25. The molecule has 0 N–H and O–H groups in total. The summed E-state index contributed by atoms with van der Waals surface area (Å²) in [5, 5.41) is 10.3. The Balaban J connectivity index is 4.63. The second-order valence-electron chi connectivity index (χ2n) is 6.10. The molecule has 0 heterocycles. The van der Waals surface area contributed by atoms with Crippen molar-refractivity contribution in [1.82, 2.24) is 0 Å². The Bertz CT molecular complexity index is 598. The molecule has 0 bridgehead atoms. The molecule has 152 valence electrons. The number of allylic oxidation sites excluding steroid dienone is 5. The van der Waals surface area contributed by atoms with E-state index in [9.17, 15) is 24.2 Å². The highest BCUT2D eigenvalue weighted by atomic mass is 32.1. The van der Waals surface area contributed by atoms with E-state index in [0.29, 0.717) is 6.42 Å². The summed E-state index contributed by atoms with van der Waals surface area (Å²) in [6.07, 6.45) is 11.2. The molecule has 0 amide bonds. The van der Waals surface area contributed by atoms with E-state index < -0.39 is 21.2 Å². The average Bonchev–Trinajstić information content (AvgIpc) is 2.57. The van der Waals surface area contributed by atoms with Gasteiger partial charge in [0.15, 0.2) is 0 Å². The maximum absolute atomic E-state index is 11.5. The SMILES string of the molecule is CC/C(=C\CC/C(=C/COP(=O)(O[O-])P(=O)([O-])[O-])CC)CCC=C(C)C. The highest BCUT2D eigenvalue weighted by Crippen LogP contribution is 2.72. The lowest BCUT2D eigenvalue weighted by atomic mass is 10.0. The number of rotatable bonds is 13. The summed E-state index contributed by atoms with van der Waals surface area (Å²) in [4.78, 5) is 21.5. The minimum atomic E-state index is -5.76. The van der Waals surface area contributed by atoms with E-state index in [-0.39, 0.29) is 0 Å². The minimum Gasteiger partial charge on any atom is -0.802 e. The predicted octanol–water partition coefficient (Wildman–Crippen LogP) is 3.52. The molecule has 0 aliphatic rings. The van der Waals surface area contributed by atoms with Crippen LogP contribution in [0.2, 0.25) is 0 Å². The van der Waals surface area contributed by atoms with Gasteiger partial charge in [-0.25, -0.2) is 0 Å². The van der Waals surface area contributed by atoms with Crippen LogP contribution in [0.4, 0.5) is 0 Å². The molecule has 0 fully saturated rings. The van der Waals surface area contributed by atoms with Crippen molar-refractivity contribution in [1.29, 1.82) is 0 Å². The van der Waals surface area contributed by atoms with Gasteiger partial charge in [0.05, 0.1) is 6.61 Å². The van der Waals surface area contributed by atoms with Gasteiger partial charge in [-0.15, -0.1) is 0 Å². The lowest BCUT2D eigenvalue weighted by molar-refractivity contribution is -0.639. The van der Waals surface area contributed by atoms with E-state index in [1.54, 1.807) is 0 Å². The first-order valence-corrected chi connectivity index (χ1v) is 12.5. The van der Waals surface area contributed by atoms with Gasteiger partial charge >= 0.3 is 7.28 Å². The van der Waals surface area contributed by atoms with Gasteiger partial charge in [0, 0.05) is 7.28 Å². The first-order chi connectivity index (χ1) is 12.1. The third-order valence-corrected chi connectivity index (χ3v) is 7.44. The highest BCUT2D eigenvalue weighted by Gasteiger charge is 2.25. The van der Waals surface area contributed by atoms with Gasteiger partial charge in [-0.1, -0.05) is 48.8 Å². The molecule has 0 spiro atoms. The van der Waals surface area contributed by atoms with Crippen LogP contribution >= 0.6 is 14.6 Å². The van der Waals surface area contributed by atoms with Crippen LogP contribution in [0.25, 0.3) is 0 Å². The van der Waals surface area contributed by atoms with Gasteiger partial charge in [0.1, 0.15) is 0 Å². The molecule has 7 nitrogen and oxygen atoms in total. The molecule has 0 radical (unpaired) electrons.